The molecule has 0 aliphatic rings. The lowest BCUT2D eigenvalue weighted by atomic mass is 10.1. The Morgan fingerprint density at radius 1 is 1.08 bits per heavy atom. The molecule has 0 saturated carbocycles. The summed E-state index contributed by atoms with van der Waals surface area (Å²) in [5.41, 5.74) is 5.31. The van der Waals surface area contributed by atoms with E-state index in [9.17, 15) is 0 Å². The molecule has 0 atom stereocenters. The van der Waals surface area contributed by atoms with Gasteiger partial charge < -0.3 is 5.73 Å². The maximum absolute atomic E-state index is 5.31. The molecule has 0 aliphatic carbocycles. The fraction of sp³-hybridized carbons (Fsp3) is 0.909. The van der Waals surface area contributed by atoms with E-state index in [0.717, 1.165) is 13.0 Å². The topological polar surface area (TPSA) is 38.4 Å². The van der Waals surface area contributed by atoms with Gasteiger partial charge in [-0.3, -0.25) is 4.99 Å². The summed E-state index contributed by atoms with van der Waals surface area (Å²) < 4.78 is 0. The Kier molecular flexibility index (Phi) is 11.3. The highest BCUT2D eigenvalue weighted by Gasteiger charge is 1.87. The van der Waals surface area contributed by atoms with E-state index in [-0.39, 0.29) is 0 Å². The van der Waals surface area contributed by atoms with Crippen LogP contribution in [0.3, 0.4) is 0 Å². The zero-order valence-corrected chi connectivity index (χ0v) is 8.97. The van der Waals surface area contributed by atoms with Crippen LogP contribution in [0.25, 0.3) is 0 Å². The summed E-state index contributed by atoms with van der Waals surface area (Å²) in [5, 5.41) is 0. The van der Waals surface area contributed by atoms with Crippen molar-refractivity contribution in [1.29, 1.82) is 0 Å². The lowest BCUT2D eigenvalue weighted by molar-refractivity contribution is 0.616. The number of nitrogens with zero attached hydrogens (tertiary/aromatic N) is 1. The second kappa shape index (κ2) is 11.6. The highest BCUT2D eigenvalue weighted by atomic mass is 14.7. The molecule has 0 radical (unpaired) electrons. The monoisotopic (exact) mass is 184 g/mol. The molecule has 0 bridgehead atoms. The van der Waals surface area contributed by atoms with Crippen LogP contribution in [0.2, 0.25) is 0 Å². The molecule has 0 rings (SSSR count). The van der Waals surface area contributed by atoms with Crippen LogP contribution in [0.5, 0.6) is 0 Å². The third-order valence-electron chi connectivity index (χ3n) is 2.07. The normalized spacial score (nSPS) is 11.2. The molecule has 0 aromatic heterocycles. The van der Waals surface area contributed by atoms with Crippen LogP contribution < -0.4 is 5.73 Å². The minimum Gasteiger partial charge on any atom is -0.329 e. The van der Waals surface area contributed by atoms with Crippen LogP contribution in [-0.2, 0) is 0 Å². The molecule has 0 aromatic carbocycles. The average Bonchev–Trinajstić information content (AvgIpc) is 2.16. The van der Waals surface area contributed by atoms with Gasteiger partial charge in [0.1, 0.15) is 0 Å². The third kappa shape index (κ3) is 11.6. The quantitative estimate of drug-likeness (QED) is 0.434. The van der Waals surface area contributed by atoms with Crippen LogP contribution >= 0.6 is 0 Å². The maximum Gasteiger partial charge on any atom is 0.0508 e. The van der Waals surface area contributed by atoms with Crippen molar-refractivity contribution in [3.05, 3.63) is 0 Å². The first-order valence-corrected chi connectivity index (χ1v) is 5.60. The number of hydrogen-bond acceptors (Lipinski definition) is 2. The van der Waals surface area contributed by atoms with E-state index in [2.05, 4.69) is 11.9 Å². The number of unbranched alkanes of at least 4 members (excludes halogenated alkanes) is 6. The van der Waals surface area contributed by atoms with Crippen molar-refractivity contribution in [3.8, 4) is 0 Å². The zero-order chi connectivity index (χ0) is 9.78. The molecular weight excluding hydrogens is 160 g/mol. The molecule has 0 fully saturated rings. The second-order valence-electron chi connectivity index (χ2n) is 3.43. The predicted octanol–water partition coefficient (Wildman–Crippen LogP) is 2.77. The smallest absolute Gasteiger partial charge is 0.0508 e. The standard InChI is InChI=1S/C11H24N2/c1-2-3-4-5-6-7-8-10-13-11-9-12/h10H,2-9,11-12H2,1H3. The van der Waals surface area contributed by atoms with E-state index < -0.39 is 0 Å². The number of rotatable bonds is 9. The average molecular weight is 184 g/mol. The molecule has 0 heterocycles. The van der Waals surface area contributed by atoms with Crippen molar-refractivity contribution in [3.63, 3.8) is 0 Å². The van der Waals surface area contributed by atoms with Gasteiger partial charge in [0.25, 0.3) is 0 Å². The Bertz CT molecular complexity index is 111. The summed E-state index contributed by atoms with van der Waals surface area (Å²) in [6.07, 6.45) is 11.3. The first-order valence-electron chi connectivity index (χ1n) is 5.60. The van der Waals surface area contributed by atoms with Gasteiger partial charge in [0, 0.05) is 6.54 Å². The van der Waals surface area contributed by atoms with Crippen molar-refractivity contribution in [1.82, 2.24) is 0 Å². The SMILES string of the molecule is CCCCCCCCC=NCCN. The Hall–Kier alpha value is -0.370. The van der Waals surface area contributed by atoms with E-state index in [4.69, 9.17) is 5.73 Å². The minimum atomic E-state index is 0.674. The van der Waals surface area contributed by atoms with Gasteiger partial charge in [-0.25, -0.2) is 0 Å². The van der Waals surface area contributed by atoms with E-state index in [1.54, 1.807) is 0 Å². The fourth-order valence-corrected chi connectivity index (χ4v) is 1.27. The summed E-state index contributed by atoms with van der Waals surface area (Å²) in [5.74, 6) is 0. The third-order valence-corrected chi connectivity index (χ3v) is 2.07. The molecule has 13 heavy (non-hydrogen) atoms. The number of hydrogen-bond donors (Lipinski definition) is 1. The Morgan fingerprint density at radius 2 is 1.77 bits per heavy atom. The Labute approximate surface area is 82.6 Å². The van der Waals surface area contributed by atoms with E-state index >= 15 is 0 Å². The van der Waals surface area contributed by atoms with Crippen LogP contribution in [-0.4, -0.2) is 19.3 Å². The van der Waals surface area contributed by atoms with Gasteiger partial charge >= 0.3 is 0 Å². The highest BCUT2D eigenvalue weighted by Crippen LogP contribution is 2.05. The first-order chi connectivity index (χ1) is 6.41. The van der Waals surface area contributed by atoms with Gasteiger partial charge in [-0.15, -0.1) is 0 Å². The van der Waals surface area contributed by atoms with Crippen LogP contribution in [0.1, 0.15) is 51.9 Å². The molecule has 0 amide bonds. The van der Waals surface area contributed by atoms with Crippen LogP contribution in [0.15, 0.2) is 4.99 Å². The summed E-state index contributed by atoms with van der Waals surface area (Å²) in [7, 11) is 0. The molecule has 0 aliphatic heterocycles. The first kappa shape index (κ1) is 12.6. The zero-order valence-electron chi connectivity index (χ0n) is 8.97. The molecule has 2 nitrogen and oxygen atoms in total. The number of aliphatic imine (C=N–C) groups is 1. The molecule has 2 N–H and O–H groups in total. The van der Waals surface area contributed by atoms with Crippen molar-refractivity contribution in [2.24, 2.45) is 10.7 Å². The van der Waals surface area contributed by atoms with Gasteiger partial charge in [-0.05, 0) is 19.1 Å². The predicted molar refractivity (Wildman–Crippen MR) is 60.4 cm³/mol. The van der Waals surface area contributed by atoms with E-state index in [0.29, 0.717) is 6.54 Å². The second-order valence-corrected chi connectivity index (χ2v) is 3.43. The molecule has 0 unspecified atom stereocenters. The van der Waals surface area contributed by atoms with Crippen molar-refractivity contribution < 1.29 is 0 Å². The van der Waals surface area contributed by atoms with Crippen molar-refractivity contribution in [2.75, 3.05) is 13.1 Å². The molecule has 78 valence electrons. The van der Waals surface area contributed by atoms with Crippen LogP contribution in [0.4, 0.5) is 0 Å². The van der Waals surface area contributed by atoms with Gasteiger partial charge in [-0.2, -0.15) is 0 Å². The van der Waals surface area contributed by atoms with Crippen molar-refractivity contribution in [2.45, 2.75) is 51.9 Å². The number of nitrogens with two attached hydrogens (primary N) is 1. The van der Waals surface area contributed by atoms with Crippen molar-refractivity contribution >= 4 is 6.21 Å². The van der Waals surface area contributed by atoms with Gasteiger partial charge in [0.15, 0.2) is 0 Å². The Balaban J connectivity index is 2.91. The Morgan fingerprint density at radius 3 is 2.46 bits per heavy atom. The van der Waals surface area contributed by atoms with Gasteiger partial charge in [0.2, 0.25) is 0 Å². The van der Waals surface area contributed by atoms with Crippen LogP contribution in [0, 0.1) is 0 Å². The summed E-state index contributed by atoms with van der Waals surface area (Å²) >= 11 is 0. The summed E-state index contributed by atoms with van der Waals surface area (Å²) in [6, 6.07) is 0. The molecule has 0 spiro atoms. The molecule has 0 saturated heterocycles. The van der Waals surface area contributed by atoms with E-state index in [1.165, 1.54) is 38.5 Å². The fourth-order valence-electron chi connectivity index (χ4n) is 1.27. The summed E-state index contributed by atoms with van der Waals surface area (Å²) in [4.78, 5) is 4.17. The molecule has 2 heteroatoms. The van der Waals surface area contributed by atoms with Gasteiger partial charge in [-0.1, -0.05) is 39.0 Å². The maximum atomic E-state index is 5.31. The minimum absolute atomic E-state index is 0.674. The highest BCUT2D eigenvalue weighted by molar-refractivity contribution is 5.56. The lowest BCUT2D eigenvalue weighted by Gasteiger charge is -1.97. The lowest BCUT2D eigenvalue weighted by Crippen LogP contribution is -2.02. The molecular formula is C11H24N2. The van der Waals surface area contributed by atoms with Gasteiger partial charge in [0.05, 0.1) is 6.54 Å². The largest absolute Gasteiger partial charge is 0.329 e. The summed E-state index contributed by atoms with van der Waals surface area (Å²) in [6.45, 7) is 3.71. The van der Waals surface area contributed by atoms with E-state index in [1.807, 2.05) is 6.21 Å². The molecule has 0 aromatic rings.